The van der Waals surface area contributed by atoms with E-state index >= 15 is 0 Å². The predicted molar refractivity (Wildman–Crippen MR) is 66.5 cm³/mol. The third-order valence-electron chi connectivity index (χ3n) is 3.35. The first kappa shape index (κ1) is 13.3. The number of piperidine rings is 1. The SMILES string of the molecule is COC(=O)C1CCN(C(=O)c2ccncc2O)CC1. The van der Waals surface area contributed by atoms with Crippen LogP contribution in [0.4, 0.5) is 0 Å². The molecule has 1 aliphatic rings. The number of amides is 1. The highest BCUT2D eigenvalue weighted by molar-refractivity contribution is 5.96. The quantitative estimate of drug-likeness (QED) is 0.800. The van der Waals surface area contributed by atoms with Crippen molar-refractivity contribution in [3.8, 4) is 5.75 Å². The van der Waals surface area contributed by atoms with Crippen molar-refractivity contribution in [3.05, 3.63) is 24.0 Å². The molecule has 0 unspecified atom stereocenters. The lowest BCUT2D eigenvalue weighted by molar-refractivity contribution is -0.146. The van der Waals surface area contributed by atoms with Gasteiger partial charge in [0.05, 0.1) is 24.8 Å². The second-order valence-electron chi connectivity index (χ2n) is 4.48. The minimum atomic E-state index is -0.233. The molecule has 1 fully saturated rings. The first-order valence-corrected chi connectivity index (χ1v) is 6.13. The average molecular weight is 264 g/mol. The van der Waals surface area contributed by atoms with Crippen LogP contribution in [-0.4, -0.2) is 47.1 Å². The lowest BCUT2D eigenvalue weighted by Gasteiger charge is -2.30. The van der Waals surface area contributed by atoms with Gasteiger partial charge in [-0.2, -0.15) is 0 Å². The highest BCUT2D eigenvalue weighted by atomic mass is 16.5. The van der Waals surface area contributed by atoms with Gasteiger partial charge in [-0.05, 0) is 18.9 Å². The average Bonchev–Trinajstić information content (AvgIpc) is 2.46. The molecule has 0 spiro atoms. The summed E-state index contributed by atoms with van der Waals surface area (Å²) in [5.74, 6) is -0.718. The fraction of sp³-hybridized carbons (Fsp3) is 0.462. The van der Waals surface area contributed by atoms with Crippen LogP contribution in [-0.2, 0) is 9.53 Å². The standard InChI is InChI=1S/C13H16N2O4/c1-19-13(18)9-3-6-15(7-4-9)12(17)10-2-5-14-8-11(10)16/h2,5,8-9,16H,3-4,6-7H2,1H3. The molecule has 0 radical (unpaired) electrons. The van der Waals surface area contributed by atoms with Crippen LogP contribution in [0.15, 0.2) is 18.5 Å². The fourth-order valence-corrected chi connectivity index (χ4v) is 2.22. The summed E-state index contributed by atoms with van der Waals surface area (Å²) in [7, 11) is 1.37. The summed E-state index contributed by atoms with van der Waals surface area (Å²) >= 11 is 0. The van der Waals surface area contributed by atoms with E-state index in [1.807, 2.05) is 0 Å². The molecule has 0 aliphatic carbocycles. The largest absolute Gasteiger partial charge is 0.505 e. The van der Waals surface area contributed by atoms with Crippen molar-refractivity contribution in [2.24, 2.45) is 5.92 Å². The van der Waals surface area contributed by atoms with Crippen LogP contribution in [0, 0.1) is 5.92 Å². The monoisotopic (exact) mass is 264 g/mol. The summed E-state index contributed by atoms with van der Waals surface area (Å²) < 4.78 is 4.70. The molecule has 1 amide bonds. The number of hydrogen-bond acceptors (Lipinski definition) is 5. The van der Waals surface area contributed by atoms with Gasteiger partial charge in [-0.25, -0.2) is 0 Å². The van der Waals surface area contributed by atoms with E-state index in [-0.39, 0.29) is 29.1 Å². The number of carbonyl (C=O) groups excluding carboxylic acids is 2. The van der Waals surface area contributed by atoms with Gasteiger partial charge >= 0.3 is 5.97 Å². The summed E-state index contributed by atoms with van der Waals surface area (Å²) in [5, 5.41) is 9.61. The zero-order valence-electron chi connectivity index (χ0n) is 10.7. The Kier molecular flexibility index (Phi) is 3.99. The van der Waals surface area contributed by atoms with E-state index in [0.717, 1.165) is 0 Å². The fourth-order valence-electron chi connectivity index (χ4n) is 2.22. The van der Waals surface area contributed by atoms with E-state index in [9.17, 15) is 14.7 Å². The maximum absolute atomic E-state index is 12.2. The van der Waals surface area contributed by atoms with Gasteiger partial charge in [-0.15, -0.1) is 0 Å². The summed E-state index contributed by atoms with van der Waals surface area (Å²) in [6, 6.07) is 1.49. The number of aromatic hydroxyl groups is 1. The molecule has 102 valence electrons. The number of hydrogen-bond donors (Lipinski definition) is 1. The molecule has 1 aromatic heterocycles. The predicted octanol–water partition coefficient (Wildman–Crippen LogP) is 0.812. The lowest BCUT2D eigenvalue weighted by atomic mass is 9.96. The zero-order chi connectivity index (χ0) is 13.8. The molecule has 0 atom stereocenters. The number of aromatic nitrogens is 1. The van der Waals surface area contributed by atoms with Crippen molar-refractivity contribution < 1.29 is 19.4 Å². The third kappa shape index (κ3) is 2.83. The normalized spacial score (nSPS) is 16.2. The number of likely N-dealkylation sites (tertiary alicyclic amines) is 1. The van der Waals surface area contributed by atoms with Gasteiger partial charge in [0.1, 0.15) is 5.75 Å². The molecule has 19 heavy (non-hydrogen) atoms. The molecule has 0 saturated carbocycles. The second kappa shape index (κ2) is 5.69. The van der Waals surface area contributed by atoms with Crippen molar-refractivity contribution in [2.75, 3.05) is 20.2 Å². The van der Waals surface area contributed by atoms with Crippen molar-refractivity contribution >= 4 is 11.9 Å². The van der Waals surface area contributed by atoms with Crippen LogP contribution in [0.3, 0.4) is 0 Å². The Morgan fingerprint density at radius 1 is 1.42 bits per heavy atom. The molecular formula is C13H16N2O4. The number of methoxy groups -OCH3 is 1. The van der Waals surface area contributed by atoms with Crippen molar-refractivity contribution in [3.63, 3.8) is 0 Å². The molecule has 2 heterocycles. The number of pyridine rings is 1. The molecule has 6 heteroatoms. The molecule has 1 N–H and O–H groups in total. The molecular weight excluding hydrogens is 248 g/mol. The number of esters is 1. The van der Waals surface area contributed by atoms with Crippen LogP contribution in [0.25, 0.3) is 0 Å². The number of carbonyl (C=O) groups is 2. The van der Waals surface area contributed by atoms with Gasteiger partial charge in [0.2, 0.25) is 0 Å². The van der Waals surface area contributed by atoms with E-state index in [4.69, 9.17) is 4.74 Å². The first-order chi connectivity index (χ1) is 9.13. The van der Waals surface area contributed by atoms with Crippen molar-refractivity contribution in [1.29, 1.82) is 0 Å². The van der Waals surface area contributed by atoms with Crippen LogP contribution in [0.1, 0.15) is 23.2 Å². The molecule has 6 nitrogen and oxygen atoms in total. The van der Waals surface area contributed by atoms with E-state index in [0.29, 0.717) is 25.9 Å². The number of nitrogens with zero attached hydrogens (tertiary/aromatic N) is 2. The van der Waals surface area contributed by atoms with E-state index in [2.05, 4.69) is 4.98 Å². The minimum absolute atomic E-state index is 0.123. The van der Waals surface area contributed by atoms with Crippen molar-refractivity contribution in [1.82, 2.24) is 9.88 Å². The van der Waals surface area contributed by atoms with E-state index in [1.165, 1.54) is 25.6 Å². The Bertz CT molecular complexity index is 481. The summed E-state index contributed by atoms with van der Waals surface area (Å²) in [6.45, 7) is 0.973. The second-order valence-corrected chi connectivity index (χ2v) is 4.48. The highest BCUT2D eigenvalue weighted by Crippen LogP contribution is 2.22. The first-order valence-electron chi connectivity index (χ1n) is 6.13. The third-order valence-corrected chi connectivity index (χ3v) is 3.35. The summed E-state index contributed by atoms with van der Waals surface area (Å²) in [4.78, 5) is 29.0. The number of rotatable bonds is 2. The van der Waals surface area contributed by atoms with Gasteiger partial charge < -0.3 is 14.7 Å². The zero-order valence-corrected chi connectivity index (χ0v) is 10.7. The molecule has 0 bridgehead atoms. The Hall–Kier alpha value is -2.11. The Morgan fingerprint density at radius 3 is 2.68 bits per heavy atom. The van der Waals surface area contributed by atoms with Gasteiger partial charge in [0, 0.05) is 19.3 Å². The van der Waals surface area contributed by atoms with Gasteiger partial charge in [-0.1, -0.05) is 0 Å². The van der Waals surface area contributed by atoms with Crippen LogP contribution in [0.2, 0.25) is 0 Å². The smallest absolute Gasteiger partial charge is 0.308 e. The van der Waals surface area contributed by atoms with Gasteiger partial charge in [0.15, 0.2) is 0 Å². The number of ether oxygens (including phenoxy) is 1. The molecule has 1 saturated heterocycles. The van der Waals surface area contributed by atoms with E-state index < -0.39 is 0 Å². The van der Waals surface area contributed by atoms with Gasteiger partial charge in [0.25, 0.3) is 5.91 Å². The lowest BCUT2D eigenvalue weighted by Crippen LogP contribution is -2.40. The van der Waals surface area contributed by atoms with Crippen LogP contribution >= 0.6 is 0 Å². The minimum Gasteiger partial charge on any atom is -0.505 e. The van der Waals surface area contributed by atoms with Gasteiger partial charge in [-0.3, -0.25) is 14.6 Å². The Morgan fingerprint density at radius 2 is 2.11 bits per heavy atom. The summed E-state index contributed by atoms with van der Waals surface area (Å²) in [6.07, 6.45) is 3.89. The molecule has 0 aromatic carbocycles. The summed E-state index contributed by atoms with van der Waals surface area (Å²) in [5.41, 5.74) is 0.242. The van der Waals surface area contributed by atoms with Crippen LogP contribution < -0.4 is 0 Å². The van der Waals surface area contributed by atoms with E-state index in [1.54, 1.807) is 4.90 Å². The molecule has 1 aromatic rings. The molecule has 2 rings (SSSR count). The Labute approximate surface area is 111 Å². The topological polar surface area (TPSA) is 79.7 Å². The Balaban J connectivity index is 2.00. The van der Waals surface area contributed by atoms with Crippen LogP contribution in [0.5, 0.6) is 5.75 Å². The maximum atomic E-state index is 12.2. The highest BCUT2D eigenvalue weighted by Gasteiger charge is 2.29. The molecule has 1 aliphatic heterocycles. The van der Waals surface area contributed by atoms with Crippen molar-refractivity contribution in [2.45, 2.75) is 12.8 Å². The maximum Gasteiger partial charge on any atom is 0.308 e.